The van der Waals surface area contributed by atoms with Crippen molar-refractivity contribution in [3.63, 3.8) is 0 Å². The number of carbonyl (C=O) groups is 1. The molecule has 0 radical (unpaired) electrons. The van der Waals surface area contributed by atoms with Crippen molar-refractivity contribution in [2.75, 3.05) is 5.32 Å². The topological polar surface area (TPSA) is 57.8 Å². The van der Waals surface area contributed by atoms with Crippen molar-refractivity contribution in [3.8, 4) is 0 Å². The SMILES string of the molecule is CCc1ccccc1NC(=O)c1cccc2[nH]c(C)nc12. The largest absolute Gasteiger partial charge is 0.342 e. The van der Waals surface area contributed by atoms with E-state index in [0.29, 0.717) is 11.1 Å². The molecule has 3 rings (SSSR count). The maximum Gasteiger partial charge on any atom is 0.257 e. The van der Waals surface area contributed by atoms with Crippen LogP contribution in [0.25, 0.3) is 11.0 Å². The Morgan fingerprint density at radius 1 is 1.19 bits per heavy atom. The van der Waals surface area contributed by atoms with Crippen molar-refractivity contribution < 1.29 is 4.79 Å². The first kappa shape index (κ1) is 13.4. The number of aromatic amines is 1. The Morgan fingerprint density at radius 2 is 2.00 bits per heavy atom. The van der Waals surface area contributed by atoms with Gasteiger partial charge in [-0.25, -0.2) is 4.98 Å². The number of imidazole rings is 1. The molecule has 0 aliphatic carbocycles. The van der Waals surface area contributed by atoms with Gasteiger partial charge >= 0.3 is 0 Å². The molecule has 2 aromatic carbocycles. The number of nitrogens with one attached hydrogen (secondary N) is 2. The zero-order chi connectivity index (χ0) is 14.8. The molecule has 21 heavy (non-hydrogen) atoms. The normalized spacial score (nSPS) is 10.8. The molecule has 2 N–H and O–H groups in total. The Bertz CT molecular complexity index is 805. The van der Waals surface area contributed by atoms with Crippen LogP contribution in [-0.4, -0.2) is 15.9 Å². The summed E-state index contributed by atoms with van der Waals surface area (Å²) in [6.45, 7) is 3.96. The second kappa shape index (κ2) is 5.40. The van der Waals surface area contributed by atoms with E-state index in [1.165, 1.54) is 0 Å². The first-order valence-electron chi connectivity index (χ1n) is 7.03. The number of aryl methyl sites for hydroxylation is 2. The van der Waals surface area contributed by atoms with Gasteiger partial charge < -0.3 is 10.3 Å². The Morgan fingerprint density at radius 3 is 2.81 bits per heavy atom. The van der Waals surface area contributed by atoms with Crippen molar-refractivity contribution in [3.05, 3.63) is 59.4 Å². The molecule has 4 heteroatoms. The van der Waals surface area contributed by atoms with Crippen LogP contribution in [0.4, 0.5) is 5.69 Å². The fourth-order valence-corrected chi connectivity index (χ4v) is 2.48. The fraction of sp³-hybridized carbons (Fsp3) is 0.176. The molecule has 0 unspecified atom stereocenters. The lowest BCUT2D eigenvalue weighted by Crippen LogP contribution is -2.13. The third kappa shape index (κ3) is 2.52. The number of amides is 1. The summed E-state index contributed by atoms with van der Waals surface area (Å²) in [6.07, 6.45) is 0.877. The van der Waals surface area contributed by atoms with E-state index < -0.39 is 0 Å². The van der Waals surface area contributed by atoms with Gasteiger partial charge in [-0.3, -0.25) is 4.79 Å². The number of fused-ring (bicyclic) bond motifs is 1. The molecule has 1 aromatic heterocycles. The maximum absolute atomic E-state index is 12.5. The Hall–Kier alpha value is -2.62. The minimum absolute atomic E-state index is 0.131. The lowest BCUT2D eigenvalue weighted by atomic mass is 10.1. The van der Waals surface area contributed by atoms with Gasteiger partial charge in [-0.2, -0.15) is 0 Å². The summed E-state index contributed by atoms with van der Waals surface area (Å²) < 4.78 is 0. The average Bonchev–Trinajstić information content (AvgIpc) is 2.87. The fourth-order valence-electron chi connectivity index (χ4n) is 2.48. The molecule has 0 bridgehead atoms. The van der Waals surface area contributed by atoms with Crippen LogP contribution in [0.5, 0.6) is 0 Å². The molecule has 1 heterocycles. The standard InChI is InChI=1S/C17H17N3O/c1-3-12-7-4-5-9-14(12)20-17(21)13-8-6-10-15-16(13)19-11(2)18-15/h4-10H,3H2,1-2H3,(H,18,19)(H,20,21). The number of benzene rings is 2. The molecule has 0 fully saturated rings. The number of hydrogen-bond donors (Lipinski definition) is 2. The molecular weight excluding hydrogens is 262 g/mol. The highest BCUT2D eigenvalue weighted by molar-refractivity contribution is 6.11. The summed E-state index contributed by atoms with van der Waals surface area (Å²) in [5, 5.41) is 2.99. The van der Waals surface area contributed by atoms with Crippen LogP contribution in [0.1, 0.15) is 28.7 Å². The zero-order valence-corrected chi connectivity index (χ0v) is 12.1. The lowest BCUT2D eigenvalue weighted by Gasteiger charge is -2.09. The van der Waals surface area contributed by atoms with Crippen LogP contribution in [0.3, 0.4) is 0 Å². The lowest BCUT2D eigenvalue weighted by molar-refractivity contribution is 0.102. The van der Waals surface area contributed by atoms with Crippen LogP contribution >= 0.6 is 0 Å². The first-order chi connectivity index (χ1) is 10.2. The number of anilines is 1. The minimum Gasteiger partial charge on any atom is -0.342 e. The first-order valence-corrected chi connectivity index (χ1v) is 7.03. The van der Waals surface area contributed by atoms with Crippen molar-refractivity contribution in [2.45, 2.75) is 20.3 Å². The average molecular weight is 279 g/mol. The molecule has 0 saturated carbocycles. The zero-order valence-electron chi connectivity index (χ0n) is 12.1. The maximum atomic E-state index is 12.5. The van der Waals surface area contributed by atoms with Crippen LogP contribution in [0.2, 0.25) is 0 Å². The van der Waals surface area contributed by atoms with Gasteiger partial charge in [-0.15, -0.1) is 0 Å². The van der Waals surface area contributed by atoms with Gasteiger partial charge in [0.1, 0.15) is 11.3 Å². The van der Waals surface area contributed by atoms with Crippen molar-refractivity contribution in [2.24, 2.45) is 0 Å². The Balaban J connectivity index is 1.97. The predicted octanol–water partition coefficient (Wildman–Crippen LogP) is 3.69. The van der Waals surface area contributed by atoms with Gasteiger partial charge in [0.25, 0.3) is 5.91 Å². The number of para-hydroxylation sites is 2. The molecular formula is C17H17N3O. The molecule has 0 spiro atoms. The Kier molecular flexibility index (Phi) is 3.44. The smallest absolute Gasteiger partial charge is 0.257 e. The molecule has 0 aliphatic rings. The summed E-state index contributed by atoms with van der Waals surface area (Å²) in [4.78, 5) is 20.1. The van der Waals surface area contributed by atoms with E-state index in [2.05, 4.69) is 22.2 Å². The van der Waals surface area contributed by atoms with Gasteiger partial charge in [0.05, 0.1) is 11.1 Å². The number of aromatic nitrogens is 2. The summed E-state index contributed by atoms with van der Waals surface area (Å²) in [6, 6.07) is 13.4. The molecule has 106 valence electrons. The van der Waals surface area contributed by atoms with E-state index >= 15 is 0 Å². The minimum atomic E-state index is -0.131. The summed E-state index contributed by atoms with van der Waals surface area (Å²) in [5.74, 6) is 0.673. The van der Waals surface area contributed by atoms with Gasteiger partial charge in [0, 0.05) is 5.69 Å². The van der Waals surface area contributed by atoms with Crippen molar-refractivity contribution in [1.29, 1.82) is 0 Å². The van der Waals surface area contributed by atoms with E-state index in [0.717, 1.165) is 29.0 Å². The predicted molar refractivity (Wildman–Crippen MR) is 84.6 cm³/mol. The molecule has 1 amide bonds. The molecule has 3 aromatic rings. The van der Waals surface area contributed by atoms with Crippen LogP contribution in [0, 0.1) is 6.92 Å². The number of H-pyrrole nitrogens is 1. The second-order valence-corrected chi connectivity index (χ2v) is 4.99. The van der Waals surface area contributed by atoms with Crippen molar-refractivity contribution in [1.82, 2.24) is 9.97 Å². The van der Waals surface area contributed by atoms with Crippen LogP contribution < -0.4 is 5.32 Å². The van der Waals surface area contributed by atoms with E-state index in [-0.39, 0.29) is 5.91 Å². The number of nitrogens with zero attached hydrogens (tertiary/aromatic N) is 1. The third-order valence-electron chi connectivity index (χ3n) is 3.52. The summed E-state index contributed by atoms with van der Waals surface area (Å²) in [7, 11) is 0. The number of carbonyl (C=O) groups excluding carboxylic acids is 1. The van der Waals surface area contributed by atoms with Gasteiger partial charge in [0.15, 0.2) is 0 Å². The highest BCUT2D eigenvalue weighted by atomic mass is 16.1. The monoisotopic (exact) mass is 279 g/mol. The molecule has 4 nitrogen and oxygen atoms in total. The highest BCUT2D eigenvalue weighted by Crippen LogP contribution is 2.20. The number of rotatable bonds is 3. The molecule has 0 saturated heterocycles. The Labute approximate surface area is 123 Å². The summed E-state index contributed by atoms with van der Waals surface area (Å²) >= 11 is 0. The summed E-state index contributed by atoms with van der Waals surface area (Å²) in [5.41, 5.74) is 4.15. The van der Waals surface area contributed by atoms with E-state index in [9.17, 15) is 4.79 Å². The van der Waals surface area contributed by atoms with Gasteiger partial charge in [-0.1, -0.05) is 31.2 Å². The van der Waals surface area contributed by atoms with Gasteiger partial charge in [0.2, 0.25) is 0 Å². The third-order valence-corrected chi connectivity index (χ3v) is 3.52. The van der Waals surface area contributed by atoms with E-state index in [4.69, 9.17) is 0 Å². The van der Waals surface area contributed by atoms with Crippen LogP contribution in [-0.2, 0) is 6.42 Å². The van der Waals surface area contributed by atoms with Crippen molar-refractivity contribution >= 4 is 22.6 Å². The molecule has 0 aliphatic heterocycles. The van der Waals surface area contributed by atoms with E-state index in [1.54, 1.807) is 6.07 Å². The quantitative estimate of drug-likeness (QED) is 0.768. The van der Waals surface area contributed by atoms with E-state index in [1.807, 2.05) is 43.3 Å². The highest BCUT2D eigenvalue weighted by Gasteiger charge is 2.13. The van der Waals surface area contributed by atoms with Crippen LogP contribution in [0.15, 0.2) is 42.5 Å². The second-order valence-electron chi connectivity index (χ2n) is 4.99. The van der Waals surface area contributed by atoms with Gasteiger partial charge in [-0.05, 0) is 37.1 Å². The molecule has 0 atom stereocenters. The number of hydrogen-bond acceptors (Lipinski definition) is 2.